The largest absolute Gasteiger partial charge is 0.462 e. The summed E-state index contributed by atoms with van der Waals surface area (Å²) in [6.07, 6.45) is 56.3. The molecule has 1 unspecified atom stereocenters. The lowest BCUT2D eigenvalue weighted by Crippen LogP contribution is -2.30. The van der Waals surface area contributed by atoms with Crippen molar-refractivity contribution in [2.45, 2.75) is 239 Å². The van der Waals surface area contributed by atoms with Crippen LogP contribution < -0.4 is 0 Å². The van der Waals surface area contributed by atoms with E-state index in [1.807, 2.05) is 0 Å². The van der Waals surface area contributed by atoms with Crippen LogP contribution in [0.25, 0.3) is 0 Å². The molecule has 334 valence electrons. The second-order valence-electron chi connectivity index (χ2n) is 16.0. The van der Waals surface area contributed by atoms with E-state index in [4.69, 9.17) is 14.2 Å². The maximum atomic E-state index is 12.7. The third-order valence-electron chi connectivity index (χ3n) is 10.2. The van der Waals surface area contributed by atoms with Crippen molar-refractivity contribution in [1.82, 2.24) is 0 Å². The van der Waals surface area contributed by atoms with Gasteiger partial charge in [0.1, 0.15) is 13.2 Å². The zero-order chi connectivity index (χ0) is 42.3. The van der Waals surface area contributed by atoms with Gasteiger partial charge in [0.2, 0.25) is 0 Å². The Kier molecular flexibility index (Phi) is 44.5. The van der Waals surface area contributed by atoms with Crippen LogP contribution in [-0.4, -0.2) is 37.2 Å². The zero-order valence-electron chi connectivity index (χ0n) is 38.0. The molecule has 0 spiro atoms. The van der Waals surface area contributed by atoms with Crippen LogP contribution in [0.2, 0.25) is 0 Å². The van der Waals surface area contributed by atoms with Gasteiger partial charge in [0.15, 0.2) is 6.10 Å². The summed E-state index contributed by atoms with van der Waals surface area (Å²) in [5.74, 6) is -0.923. The minimum absolute atomic E-state index is 0.0878. The highest BCUT2D eigenvalue weighted by Crippen LogP contribution is 2.13. The smallest absolute Gasteiger partial charge is 0.306 e. The van der Waals surface area contributed by atoms with Crippen molar-refractivity contribution >= 4 is 17.9 Å². The van der Waals surface area contributed by atoms with E-state index in [2.05, 4.69) is 81.5 Å². The van der Waals surface area contributed by atoms with Crippen molar-refractivity contribution in [3.8, 4) is 0 Å². The molecule has 0 aliphatic carbocycles. The standard InChI is InChI=1S/C52H90O6/c1-4-7-10-13-16-19-22-24-26-28-30-33-36-39-42-45-51(54)57-48-49(47-56-50(53)44-41-38-35-32-29-21-18-15-12-9-6-3)58-52(55)46-43-40-37-34-31-27-25-23-20-17-14-11-8-5-2/h7,10,15-16,18-19,23-26,49H,4-6,8-9,11-14,17,20-22,27-48H2,1-3H3/b10-7-,18-15-,19-16-,25-23-,26-24-. The first-order valence-electron chi connectivity index (χ1n) is 24.3. The fourth-order valence-corrected chi connectivity index (χ4v) is 6.55. The van der Waals surface area contributed by atoms with Gasteiger partial charge >= 0.3 is 17.9 Å². The first kappa shape index (κ1) is 55.1. The summed E-state index contributed by atoms with van der Waals surface area (Å²) in [6, 6.07) is 0. The van der Waals surface area contributed by atoms with Crippen LogP contribution in [0.5, 0.6) is 0 Å². The Morgan fingerprint density at radius 3 is 1.12 bits per heavy atom. The monoisotopic (exact) mass is 811 g/mol. The Labute approximate surface area is 358 Å². The van der Waals surface area contributed by atoms with Gasteiger partial charge in [0.25, 0.3) is 0 Å². The second-order valence-corrected chi connectivity index (χ2v) is 16.0. The lowest BCUT2D eigenvalue weighted by Gasteiger charge is -2.18. The summed E-state index contributed by atoms with van der Waals surface area (Å²) >= 11 is 0. The molecule has 0 aliphatic rings. The van der Waals surface area contributed by atoms with Crippen LogP contribution >= 0.6 is 0 Å². The first-order chi connectivity index (χ1) is 28.5. The molecule has 1 atom stereocenters. The predicted molar refractivity (Wildman–Crippen MR) is 247 cm³/mol. The molecule has 6 heteroatoms. The summed E-state index contributed by atoms with van der Waals surface area (Å²) in [7, 11) is 0. The van der Waals surface area contributed by atoms with E-state index in [0.717, 1.165) is 116 Å². The molecular weight excluding hydrogens is 721 g/mol. The third-order valence-corrected chi connectivity index (χ3v) is 10.2. The summed E-state index contributed by atoms with van der Waals surface area (Å²) in [5, 5.41) is 0. The molecule has 0 aromatic carbocycles. The zero-order valence-corrected chi connectivity index (χ0v) is 38.0. The normalized spacial score (nSPS) is 12.5. The van der Waals surface area contributed by atoms with Crippen LogP contribution in [0.3, 0.4) is 0 Å². The second kappa shape index (κ2) is 46.8. The number of hydrogen-bond acceptors (Lipinski definition) is 6. The van der Waals surface area contributed by atoms with Crippen LogP contribution in [0.15, 0.2) is 60.8 Å². The SMILES string of the molecule is CC/C=C\C/C=C\C/C=C\CCCCCCCC(=O)OCC(COC(=O)CCCCCCC/C=C\CCCC)OC(=O)CCCCCCC/C=C\CCCCCCC. The number of allylic oxidation sites excluding steroid dienone is 10. The van der Waals surface area contributed by atoms with Gasteiger partial charge in [0, 0.05) is 19.3 Å². The van der Waals surface area contributed by atoms with E-state index in [1.165, 1.54) is 77.0 Å². The van der Waals surface area contributed by atoms with Crippen molar-refractivity contribution in [3.05, 3.63) is 60.8 Å². The fourth-order valence-electron chi connectivity index (χ4n) is 6.55. The molecule has 0 rings (SSSR count). The maximum Gasteiger partial charge on any atom is 0.306 e. The minimum atomic E-state index is -0.786. The van der Waals surface area contributed by atoms with Crippen LogP contribution in [0.4, 0.5) is 0 Å². The third kappa shape index (κ3) is 44.2. The lowest BCUT2D eigenvalue weighted by molar-refractivity contribution is -0.167. The predicted octanol–water partition coefficient (Wildman–Crippen LogP) is 15.7. The van der Waals surface area contributed by atoms with Crippen molar-refractivity contribution in [3.63, 3.8) is 0 Å². The van der Waals surface area contributed by atoms with Gasteiger partial charge in [-0.05, 0) is 96.3 Å². The van der Waals surface area contributed by atoms with Crippen LogP contribution in [0, 0.1) is 0 Å². The Morgan fingerprint density at radius 1 is 0.362 bits per heavy atom. The summed E-state index contributed by atoms with van der Waals surface area (Å²) in [4.78, 5) is 37.8. The Hall–Kier alpha value is -2.89. The number of esters is 3. The van der Waals surface area contributed by atoms with Crippen LogP contribution in [-0.2, 0) is 28.6 Å². The van der Waals surface area contributed by atoms with Gasteiger partial charge in [-0.2, -0.15) is 0 Å². The van der Waals surface area contributed by atoms with E-state index < -0.39 is 6.10 Å². The molecule has 0 aliphatic heterocycles. The topological polar surface area (TPSA) is 78.9 Å². The Bertz CT molecular complexity index is 1070. The molecule has 0 N–H and O–H groups in total. The number of rotatable bonds is 43. The van der Waals surface area contributed by atoms with Crippen LogP contribution in [0.1, 0.15) is 233 Å². The number of unbranched alkanes of at least 4 members (excludes halogenated alkanes) is 22. The van der Waals surface area contributed by atoms with E-state index in [9.17, 15) is 14.4 Å². The summed E-state index contributed by atoms with van der Waals surface area (Å²) < 4.78 is 16.7. The quantitative estimate of drug-likeness (QED) is 0.0264. The highest BCUT2D eigenvalue weighted by Gasteiger charge is 2.19. The molecule has 0 aromatic heterocycles. The molecule has 0 amide bonds. The number of ether oxygens (including phenoxy) is 3. The van der Waals surface area contributed by atoms with Crippen molar-refractivity contribution < 1.29 is 28.6 Å². The maximum absolute atomic E-state index is 12.7. The highest BCUT2D eigenvalue weighted by molar-refractivity contribution is 5.71. The molecule has 0 fully saturated rings. The van der Waals surface area contributed by atoms with Gasteiger partial charge in [-0.1, -0.05) is 178 Å². The molecule has 0 radical (unpaired) electrons. The van der Waals surface area contributed by atoms with Gasteiger partial charge in [0.05, 0.1) is 0 Å². The fraction of sp³-hybridized carbons (Fsp3) is 0.750. The Morgan fingerprint density at radius 2 is 0.690 bits per heavy atom. The molecule has 0 heterocycles. The summed E-state index contributed by atoms with van der Waals surface area (Å²) in [6.45, 7) is 6.44. The molecule has 58 heavy (non-hydrogen) atoms. The molecule has 0 saturated heterocycles. The first-order valence-corrected chi connectivity index (χ1v) is 24.3. The molecule has 0 aromatic rings. The number of carbonyl (C=O) groups excluding carboxylic acids is 3. The van der Waals surface area contributed by atoms with Crippen molar-refractivity contribution in [2.75, 3.05) is 13.2 Å². The average molecular weight is 811 g/mol. The molecule has 6 nitrogen and oxygen atoms in total. The highest BCUT2D eigenvalue weighted by atomic mass is 16.6. The van der Waals surface area contributed by atoms with Gasteiger partial charge in [-0.3, -0.25) is 14.4 Å². The van der Waals surface area contributed by atoms with E-state index in [1.54, 1.807) is 0 Å². The van der Waals surface area contributed by atoms with Crippen molar-refractivity contribution in [1.29, 1.82) is 0 Å². The number of hydrogen-bond donors (Lipinski definition) is 0. The van der Waals surface area contributed by atoms with Gasteiger partial charge in [-0.15, -0.1) is 0 Å². The lowest BCUT2D eigenvalue weighted by atomic mass is 10.1. The average Bonchev–Trinajstić information content (AvgIpc) is 3.22. The molecular formula is C52H90O6. The Balaban J connectivity index is 4.42. The van der Waals surface area contributed by atoms with E-state index in [-0.39, 0.29) is 31.1 Å². The van der Waals surface area contributed by atoms with Crippen molar-refractivity contribution in [2.24, 2.45) is 0 Å². The minimum Gasteiger partial charge on any atom is -0.462 e. The summed E-state index contributed by atoms with van der Waals surface area (Å²) in [5.41, 5.74) is 0. The number of carbonyl (C=O) groups is 3. The molecule has 0 saturated carbocycles. The molecule has 0 bridgehead atoms. The van der Waals surface area contributed by atoms with E-state index >= 15 is 0 Å². The van der Waals surface area contributed by atoms with Gasteiger partial charge < -0.3 is 14.2 Å². The van der Waals surface area contributed by atoms with Gasteiger partial charge in [-0.25, -0.2) is 0 Å². The van der Waals surface area contributed by atoms with E-state index in [0.29, 0.717) is 19.3 Å².